The first-order valence-electron chi connectivity index (χ1n) is 11.5. The normalized spacial score (nSPS) is 15.9. The summed E-state index contributed by atoms with van der Waals surface area (Å²) < 4.78 is 43.9. The van der Waals surface area contributed by atoms with Gasteiger partial charge in [-0.05, 0) is 61.1 Å². The summed E-state index contributed by atoms with van der Waals surface area (Å²) in [6.45, 7) is 3.73. The Morgan fingerprint density at radius 1 is 1.12 bits per heavy atom. The number of hydrogen-bond donors (Lipinski definition) is 1. The molecule has 3 rings (SSSR count). The average Bonchev–Trinajstić information content (AvgIpc) is 3.32. The molecule has 0 radical (unpaired) electrons. The average molecular weight is 478 g/mol. The first kappa shape index (κ1) is 25.6. The molecule has 0 saturated heterocycles. The van der Waals surface area contributed by atoms with Gasteiger partial charge in [0.1, 0.15) is 12.4 Å². The van der Waals surface area contributed by atoms with Gasteiger partial charge in [-0.2, -0.15) is 13.2 Å². The quantitative estimate of drug-likeness (QED) is 0.311. The number of carboxylic acid groups (broad SMARTS) is 1. The van der Waals surface area contributed by atoms with E-state index in [0.717, 1.165) is 54.7 Å². The maximum absolute atomic E-state index is 12.7. The standard InChI is InChI=1S/C26H30F3NO4/c1-3-23(25(31)32)34-24-13-10-19(14-17(24)2)15-22(20-6-4-5-7-20)30-33-16-18-8-11-21(12-9-18)26(27,28)29/h8-14,20,23H,3-7,15-16H2,1-2H3,(H,31,32). The van der Waals surface area contributed by atoms with Crippen molar-refractivity contribution in [2.24, 2.45) is 11.1 Å². The van der Waals surface area contributed by atoms with Crippen LogP contribution in [0.2, 0.25) is 0 Å². The van der Waals surface area contributed by atoms with Gasteiger partial charge in [0.15, 0.2) is 6.10 Å². The molecule has 1 N–H and O–H groups in total. The van der Waals surface area contributed by atoms with Crippen molar-refractivity contribution in [2.75, 3.05) is 0 Å². The first-order valence-corrected chi connectivity index (χ1v) is 11.5. The van der Waals surface area contributed by atoms with E-state index in [9.17, 15) is 23.1 Å². The van der Waals surface area contributed by atoms with Gasteiger partial charge in [0.05, 0.1) is 11.3 Å². The molecule has 8 heteroatoms. The van der Waals surface area contributed by atoms with Gasteiger partial charge in [0.25, 0.3) is 0 Å². The summed E-state index contributed by atoms with van der Waals surface area (Å²) in [5, 5.41) is 13.6. The van der Waals surface area contributed by atoms with Crippen LogP contribution >= 0.6 is 0 Å². The van der Waals surface area contributed by atoms with E-state index < -0.39 is 23.8 Å². The van der Waals surface area contributed by atoms with E-state index in [0.29, 0.717) is 30.1 Å². The van der Waals surface area contributed by atoms with E-state index in [-0.39, 0.29) is 6.61 Å². The zero-order chi connectivity index (χ0) is 24.7. The highest BCUT2D eigenvalue weighted by molar-refractivity contribution is 5.88. The van der Waals surface area contributed by atoms with Crippen LogP contribution in [0.1, 0.15) is 61.3 Å². The SMILES string of the molecule is CCC(Oc1ccc(CC(=NOCc2ccc(C(F)(F)F)cc2)C2CCCC2)cc1C)C(=O)O. The Bertz CT molecular complexity index is 996. The van der Waals surface area contributed by atoms with Crippen molar-refractivity contribution in [3.05, 3.63) is 64.7 Å². The number of nitrogens with zero attached hydrogens (tertiary/aromatic N) is 1. The summed E-state index contributed by atoms with van der Waals surface area (Å²) in [6, 6.07) is 10.5. The fraction of sp³-hybridized carbons (Fsp3) is 0.462. The zero-order valence-corrected chi connectivity index (χ0v) is 19.4. The van der Waals surface area contributed by atoms with Gasteiger partial charge >= 0.3 is 12.1 Å². The molecule has 1 aliphatic rings. The van der Waals surface area contributed by atoms with Gasteiger partial charge < -0.3 is 14.7 Å². The van der Waals surface area contributed by atoms with Gasteiger partial charge in [-0.15, -0.1) is 0 Å². The van der Waals surface area contributed by atoms with E-state index in [2.05, 4.69) is 5.16 Å². The number of aryl methyl sites for hydroxylation is 1. The number of carboxylic acids is 1. The van der Waals surface area contributed by atoms with E-state index in [1.165, 1.54) is 12.1 Å². The number of carbonyl (C=O) groups is 1. The number of oxime groups is 1. The monoisotopic (exact) mass is 477 g/mol. The first-order chi connectivity index (χ1) is 16.2. The minimum absolute atomic E-state index is 0.0910. The highest BCUT2D eigenvalue weighted by Gasteiger charge is 2.30. The summed E-state index contributed by atoms with van der Waals surface area (Å²) in [5.74, 6) is -0.150. The molecule has 0 amide bonds. The molecule has 1 unspecified atom stereocenters. The number of alkyl halides is 3. The van der Waals surface area contributed by atoms with Gasteiger partial charge in [-0.1, -0.05) is 49.2 Å². The van der Waals surface area contributed by atoms with Crippen LogP contribution in [0.4, 0.5) is 13.2 Å². The molecule has 2 aromatic carbocycles. The lowest BCUT2D eigenvalue weighted by molar-refractivity contribution is -0.145. The summed E-state index contributed by atoms with van der Waals surface area (Å²) in [7, 11) is 0. The van der Waals surface area contributed by atoms with Crippen LogP contribution in [0.25, 0.3) is 0 Å². The number of rotatable bonds is 10. The highest BCUT2D eigenvalue weighted by Crippen LogP contribution is 2.30. The third-order valence-corrected chi connectivity index (χ3v) is 6.06. The lowest BCUT2D eigenvalue weighted by Gasteiger charge is -2.17. The molecule has 1 aliphatic carbocycles. The molecule has 5 nitrogen and oxygen atoms in total. The van der Waals surface area contributed by atoms with Crippen LogP contribution in [-0.4, -0.2) is 22.9 Å². The van der Waals surface area contributed by atoms with Crippen molar-refractivity contribution in [3.8, 4) is 5.75 Å². The molecular weight excluding hydrogens is 447 g/mol. The van der Waals surface area contributed by atoms with E-state index in [1.807, 2.05) is 19.1 Å². The van der Waals surface area contributed by atoms with Crippen molar-refractivity contribution in [1.82, 2.24) is 0 Å². The Balaban J connectivity index is 1.68. The van der Waals surface area contributed by atoms with Crippen molar-refractivity contribution < 1.29 is 32.6 Å². The largest absolute Gasteiger partial charge is 0.479 e. The van der Waals surface area contributed by atoms with Gasteiger partial charge in [-0.25, -0.2) is 4.79 Å². The molecule has 1 saturated carbocycles. The van der Waals surface area contributed by atoms with Crippen LogP contribution in [0.5, 0.6) is 5.75 Å². The van der Waals surface area contributed by atoms with E-state index in [4.69, 9.17) is 9.57 Å². The van der Waals surface area contributed by atoms with Crippen LogP contribution < -0.4 is 4.74 Å². The number of halogens is 3. The molecule has 0 aromatic heterocycles. The molecule has 0 bridgehead atoms. The molecule has 0 spiro atoms. The molecule has 2 aromatic rings. The Morgan fingerprint density at radius 2 is 1.76 bits per heavy atom. The number of ether oxygens (including phenoxy) is 1. The third kappa shape index (κ3) is 6.98. The second-order valence-electron chi connectivity index (χ2n) is 8.66. The van der Waals surface area contributed by atoms with Crippen molar-refractivity contribution in [2.45, 2.75) is 71.3 Å². The summed E-state index contributed by atoms with van der Waals surface area (Å²) in [6.07, 6.45) is -0.00109. The number of aliphatic carboxylic acids is 1. The summed E-state index contributed by atoms with van der Waals surface area (Å²) in [5.41, 5.74) is 2.69. The van der Waals surface area contributed by atoms with Gasteiger partial charge in [-0.3, -0.25) is 0 Å². The van der Waals surface area contributed by atoms with E-state index in [1.54, 1.807) is 13.0 Å². The Morgan fingerprint density at radius 3 is 2.32 bits per heavy atom. The molecule has 0 aliphatic heterocycles. The molecule has 184 valence electrons. The second-order valence-corrected chi connectivity index (χ2v) is 8.66. The minimum atomic E-state index is -4.36. The predicted octanol–water partition coefficient (Wildman–Crippen LogP) is 6.56. The van der Waals surface area contributed by atoms with Crippen LogP contribution in [0, 0.1) is 12.8 Å². The number of benzene rings is 2. The maximum Gasteiger partial charge on any atom is 0.416 e. The fourth-order valence-corrected chi connectivity index (χ4v) is 4.11. The number of hydrogen-bond acceptors (Lipinski definition) is 4. The zero-order valence-electron chi connectivity index (χ0n) is 19.4. The van der Waals surface area contributed by atoms with Crippen molar-refractivity contribution >= 4 is 11.7 Å². The lowest BCUT2D eigenvalue weighted by Crippen LogP contribution is -2.26. The Hall–Kier alpha value is -3.03. The second kappa shape index (κ2) is 11.4. The van der Waals surface area contributed by atoms with Crippen molar-refractivity contribution in [3.63, 3.8) is 0 Å². The van der Waals surface area contributed by atoms with Crippen molar-refractivity contribution in [1.29, 1.82) is 0 Å². The Kier molecular flexibility index (Phi) is 8.58. The van der Waals surface area contributed by atoms with Gasteiger partial charge in [0.2, 0.25) is 0 Å². The van der Waals surface area contributed by atoms with Crippen LogP contribution in [0.3, 0.4) is 0 Å². The van der Waals surface area contributed by atoms with E-state index >= 15 is 0 Å². The third-order valence-electron chi connectivity index (χ3n) is 6.06. The maximum atomic E-state index is 12.7. The minimum Gasteiger partial charge on any atom is -0.479 e. The molecule has 0 heterocycles. The fourth-order valence-electron chi connectivity index (χ4n) is 4.11. The molecular formula is C26H30F3NO4. The van der Waals surface area contributed by atoms with Crippen LogP contribution in [-0.2, 0) is 28.8 Å². The molecule has 1 atom stereocenters. The lowest BCUT2D eigenvalue weighted by atomic mass is 9.95. The summed E-state index contributed by atoms with van der Waals surface area (Å²) >= 11 is 0. The van der Waals surface area contributed by atoms with Gasteiger partial charge in [0, 0.05) is 12.3 Å². The molecule has 1 fully saturated rings. The molecule has 34 heavy (non-hydrogen) atoms. The summed E-state index contributed by atoms with van der Waals surface area (Å²) in [4.78, 5) is 16.8. The van der Waals surface area contributed by atoms with Crippen LogP contribution in [0.15, 0.2) is 47.6 Å². The Labute approximate surface area is 197 Å². The smallest absolute Gasteiger partial charge is 0.416 e. The predicted molar refractivity (Wildman–Crippen MR) is 123 cm³/mol. The highest BCUT2D eigenvalue weighted by atomic mass is 19.4. The topological polar surface area (TPSA) is 68.1 Å².